The zero-order chi connectivity index (χ0) is 22.7. The third-order valence-electron chi connectivity index (χ3n) is 5.01. The third-order valence-corrected chi connectivity index (χ3v) is 5.01. The quantitative estimate of drug-likeness (QED) is 0.497. The first-order valence-electron chi connectivity index (χ1n) is 10.1. The number of phenols is 1. The SMILES string of the molecule is CC(C)(C)c1cc(CC(OC(=O)CC(=O)O)c2ccccc2)c(O)c(C(C)(C)C)c1. The second-order valence-electron chi connectivity index (χ2n) is 9.70. The average Bonchev–Trinajstić information content (AvgIpc) is 2.60. The number of carbonyl (C=O) groups excluding carboxylic acids is 1. The molecule has 0 aromatic heterocycles. The minimum absolute atomic E-state index is 0.134. The number of carbonyl (C=O) groups is 2. The van der Waals surface area contributed by atoms with E-state index in [0.717, 1.165) is 16.7 Å². The van der Waals surface area contributed by atoms with Gasteiger partial charge in [-0.15, -0.1) is 0 Å². The number of carboxylic acid groups (broad SMARTS) is 1. The van der Waals surface area contributed by atoms with Gasteiger partial charge in [0.1, 0.15) is 18.3 Å². The van der Waals surface area contributed by atoms with E-state index in [0.29, 0.717) is 5.56 Å². The fourth-order valence-corrected chi connectivity index (χ4v) is 3.27. The smallest absolute Gasteiger partial charge is 0.317 e. The minimum Gasteiger partial charge on any atom is -0.507 e. The van der Waals surface area contributed by atoms with Gasteiger partial charge in [0.05, 0.1) is 0 Å². The lowest BCUT2D eigenvalue weighted by atomic mass is 9.78. The van der Waals surface area contributed by atoms with E-state index in [2.05, 4.69) is 20.8 Å². The van der Waals surface area contributed by atoms with Gasteiger partial charge in [0, 0.05) is 6.42 Å². The molecule has 0 spiro atoms. The molecule has 0 saturated heterocycles. The summed E-state index contributed by atoms with van der Waals surface area (Å²) >= 11 is 0. The van der Waals surface area contributed by atoms with Crippen molar-refractivity contribution in [2.75, 3.05) is 0 Å². The Morgan fingerprint density at radius 2 is 1.57 bits per heavy atom. The molecule has 0 bridgehead atoms. The lowest BCUT2D eigenvalue weighted by Gasteiger charge is -2.28. The molecule has 2 N–H and O–H groups in total. The maximum absolute atomic E-state index is 12.1. The number of phenolic OH excluding ortho intramolecular Hbond substituents is 1. The molecule has 0 heterocycles. The van der Waals surface area contributed by atoms with Crippen LogP contribution < -0.4 is 0 Å². The van der Waals surface area contributed by atoms with Gasteiger partial charge >= 0.3 is 11.9 Å². The van der Waals surface area contributed by atoms with E-state index in [1.54, 1.807) is 0 Å². The molecule has 0 saturated carbocycles. The molecule has 1 atom stereocenters. The van der Waals surface area contributed by atoms with Crippen molar-refractivity contribution in [2.45, 2.75) is 71.3 Å². The van der Waals surface area contributed by atoms with Gasteiger partial charge in [-0.2, -0.15) is 0 Å². The van der Waals surface area contributed by atoms with Crippen LogP contribution in [0, 0.1) is 0 Å². The summed E-state index contributed by atoms with van der Waals surface area (Å²) < 4.78 is 5.53. The number of hydrogen-bond acceptors (Lipinski definition) is 4. The fraction of sp³-hybridized carbons (Fsp3) is 0.440. The lowest BCUT2D eigenvalue weighted by Crippen LogP contribution is -2.20. The van der Waals surface area contributed by atoms with Crippen LogP contribution in [-0.4, -0.2) is 22.2 Å². The maximum atomic E-state index is 12.1. The highest BCUT2D eigenvalue weighted by molar-refractivity contribution is 5.90. The first kappa shape index (κ1) is 23.5. The largest absolute Gasteiger partial charge is 0.507 e. The number of carboxylic acids is 1. The molecule has 2 aromatic rings. The number of rotatable bonds is 6. The highest BCUT2D eigenvalue weighted by Crippen LogP contribution is 2.39. The lowest BCUT2D eigenvalue weighted by molar-refractivity contribution is -0.155. The van der Waals surface area contributed by atoms with Crippen molar-refractivity contribution in [1.82, 2.24) is 0 Å². The van der Waals surface area contributed by atoms with E-state index in [1.165, 1.54) is 0 Å². The van der Waals surface area contributed by atoms with Gasteiger partial charge in [-0.1, -0.05) is 84.0 Å². The summed E-state index contributed by atoms with van der Waals surface area (Å²) in [5, 5.41) is 20.0. The normalized spacial score (nSPS) is 13.0. The molecule has 0 radical (unpaired) electrons. The van der Waals surface area contributed by atoms with E-state index in [9.17, 15) is 14.7 Å². The van der Waals surface area contributed by atoms with Crippen molar-refractivity contribution >= 4 is 11.9 Å². The highest BCUT2D eigenvalue weighted by atomic mass is 16.5. The van der Waals surface area contributed by atoms with Crippen LogP contribution in [0.3, 0.4) is 0 Å². The Bertz CT molecular complexity index is 902. The summed E-state index contributed by atoms with van der Waals surface area (Å²) in [4.78, 5) is 23.0. The summed E-state index contributed by atoms with van der Waals surface area (Å²) in [6.45, 7) is 12.4. The van der Waals surface area contributed by atoms with Gasteiger partial charge in [-0.3, -0.25) is 9.59 Å². The summed E-state index contributed by atoms with van der Waals surface area (Å²) in [6.07, 6.45) is -1.16. The molecule has 30 heavy (non-hydrogen) atoms. The average molecular weight is 413 g/mol. The van der Waals surface area contributed by atoms with E-state index in [4.69, 9.17) is 9.84 Å². The van der Waals surface area contributed by atoms with Crippen molar-refractivity contribution in [3.05, 3.63) is 64.7 Å². The maximum Gasteiger partial charge on any atom is 0.317 e. The van der Waals surface area contributed by atoms with Gasteiger partial charge in [-0.25, -0.2) is 0 Å². The van der Waals surface area contributed by atoms with Crippen LogP contribution in [0.15, 0.2) is 42.5 Å². The van der Waals surface area contributed by atoms with Crippen LogP contribution in [0.2, 0.25) is 0 Å². The summed E-state index contributed by atoms with van der Waals surface area (Å²) in [7, 11) is 0. The Morgan fingerprint density at radius 1 is 0.967 bits per heavy atom. The Balaban J connectivity index is 2.53. The number of ether oxygens (including phenoxy) is 1. The molecule has 0 aliphatic carbocycles. The second kappa shape index (κ2) is 8.90. The zero-order valence-electron chi connectivity index (χ0n) is 18.7. The monoisotopic (exact) mass is 412 g/mol. The van der Waals surface area contributed by atoms with Gasteiger partial charge in [0.15, 0.2) is 0 Å². The fourth-order valence-electron chi connectivity index (χ4n) is 3.27. The van der Waals surface area contributed by atoms with Crippen molar-refractivity contribution in [3.8, 4) is 5.75 Å². The van der Waals surface area contributed by atoms with Gasteiger partial charge in [0.2, 0.25) is 0 Å². The standard InChI is InChI=1S/C25H32O5/c1-24(2,3)18-12-17(23(29)19(14-18)25(4,5)6)13-20(16-10-8-7-9-11-16)30-22(28)15-21(26)27/h7-12,14,20,29H,13,15H2,1-6H3,(H,26,27). The Hall–Kier alpha value is -2.82. The zero-order valence-corrected chi connectivity index (χ0v) is 18.7. The van der Waals surface area contributed by atoms with E-state index in [1.807, 2.05) is 63.2 Å². The van der Waals surface area contributed by atoms with E-state index < -0.39 is 24.5 Å². The summed E-state index contributed by atoms with van der Waals surface area (Å²) in [5.74, 6) is -1.86. The molecule has 162 valence electrons. The minimum atomic E-state index is -1.24. The molecule has 5 heteroatoms. The van der Waals surface area contributed by atoms with Crippen molar-refractivity contribution in [3.63, 3.8) is 0 Å². The molecule has 0 amide bonds. The number of esters is 1. The van der Waals surface area contributed by atoms with Gasteiger partial charge < -0.3 is 14.9 Å². The van der Waals surface area contributed by atoms with Gasteiger partial charge in [-0.05, 0) is 33.1 Å². The highest BCUT2D eigenvalue weighted by Gasteiger charge is 2.27. The van der Waals surface area contributed by atoms with Crippen LogP contribution in [0.25, 0.3) is 0 Å². The van der Waals surface area contributed by atoms with Crippen LogP contribution in [-0.2, 0) is 31.6 Å². The number of aliphatic carboxylic acids is 1. The van der Waals surface area contributed by atoms with Crippen LogP contribution in [0.4, 0.5) is 0 Å². The first-order chi connectivity index (χ1) is 13.8. The Kier molecular flexibility index (Phi) is 6.96. The topological polar surface area (TPSA) is 83.8 Å². The van der Waals surface area contributed by atoms with E-state index >= 15 is 0 Å². The molecule has 0 aliphatic heterocycles. The number of aromatic hydroxyl groups is 1. The van der Waals surface area contributed by atoms with Crippen LogP contribution in [0.1, 0.15) is 76.3 Å². The van der Waals surface area contributed by atoms with Crippen molar-refractivity contribution in [1.29, 1.82) is 0 Å². The first-order valence-corrected chi connectivity index (χ1v) is 10.1. The van der Waals surface area contributed by atoms with Crippen LogP contribution in [0.5, 0.6) is 5.75 Å². The third kappa shape index (κ3) is 6.09. The molecular weight excluding hydrogens is 380 g/mol. The predicted molar refractivity (Wildman–Crippen MR) is 117 cm³/mol. The van der Waals surface area contributed by atoms with Crippen molar-refractivity contribution in [2.24, 2.45) is 0 Å². The summed E-state index contributed by atoms with van der Waals surface area (Å²) in [5.41, 5.74) is 2.91. The molecule has 1 unspecified atom stereocenters. The number of hydrogen-bond donors (Lipinski definition) is 2. The predicted octanol–water partition coefficient (Wildman–Crippen LogP) is 5.29. The van der Waals surface area contributed by atoms with Gasteiger partial charge in [0.25, 0.3) is 0 Å². The molecule has 0 fully saturated rings. The second-order valence-corrected chi connectivity index (χ2v) is 9.70. The summed E-state index contributed by atoms with van der Waals surface area (Å²) in [6, 6.07) is 13.2. The molecule has 2 aromatic carbocycles. The van der Waals surface area contributed by atoms with E-state index in [-0.39, 0.29) is 23.0 Å². The van der Waals surface area contributed by atoms with Crippen LogP contribution >= 0.6 is 0 Å². The Labute approximate surface area is 178 Å². The molecule has 2 rings (SSSR count). The molecular formula is C25H32O5. The van der Waals surface area contributed by atoms with Crippen molar-refractivity contribution < 1.29 is 24.5 Å². The molecule has 5 nitrogen and oxygen atoms in total. The molecule has 0 aliphatic rings. The Morgan fingerprint density at radius 3 is 2.07 bits per heavy atom. The number of benzene rings is 2.